The molecule has 1 aromatic heterocycles. The van der Waals surface area contributed by atoms with Gasteiger partial charge in [0.05, 0.1) is 24.9 Å². The Bertz CT molecular complexity index is 1270. The first-order chi connectivity index (χ1) is 16.5. The summed E-state index contributed by atoms with van der Waals surface area (Å²) in [7, 11) is 1.73. The van der Waals surface area contributed by atoms with Crippen molar-refractivity contribution < 1.29 is 23.8 Å². The summed E-state index contributed by atoms with van der Waals surface area (Å²) in [5.74, 6) is 6.08. The summed E-state index contributed by atoms with van der Waals surface area (Å²) >= 11 is 0. The van der Waals surface area contributed by atoms with Crippen molar-refractivity contribution in [1.29, 1.82) is 0 Å². The molecule has 3 aromatic rings. The van der Waals surface area contributed by atoms with Crippen molar-refractivity contribution in [3.8, 4) is 17.6 Å². The molecule has 1 aliphatic rings. The van der Waals surface area contributed by atoms with E-state index in [1.54, 1.807) is 62.5 Å². The molecule has 35 heavy (non-hydrogen) atoms. The minimum absolute atomic E-state index is 0.0198. The minimum Gasteiger partial charge on any atom is -0.491 e. The third-order valence-corrected chi connectivity index (χ3v) is 4.96. The van der Waals surface area contributed by atoms with E-state index in [9.17, 15) is 19.1 Å². The van der Waals surface area contributed by atoms with Gasteiger partial charge in [0.25, 0.3) is 0 Å². The lowest BCUT2D eigenvalue weighted by atomic mass is 10.1. The van der Waals surface area contributed by atoms with Gasteiger partial charge in [0.2, 0.25) is 5.91 Å². The Kier molecular flexibility index (Phi) is 7.89. The SMILES string of the molecule is CN1C(=O)CCOc2ccc(C#CC(C)(C)O)cc21.NC(=O)n1cc(Cc2ccc(F)cc2)cn1. The predicted octanol–water partition coefficient (Wildman–Crippen LogP) is 3.09. The fourth-order valence-electron chi connectivity index (χ4n) is 3.16. The number of amides is 2. The van der Waals surface area contributed by atoms with Crippen molar-refractivity contribution in [3.05, 3.63) is 77.4 Å². The Hall–Kier alpha value is -4.16. The normalized spacial score (nSPS) is 12.8. The molecule has 9 heteroatoms. The molecule has 0 saturated carbocycles. The van der Waals surface area contributed by atoms with Crippen LogP contribution in [0.5, 0.6) is 5.75 Å². The number of carbonyl (C=O) groups excluding carboxylic acids is 2. The van der Waals surface area contributed by atoms with Crippen LogP contribution in [0.3, 0.4) is 0 Å². The summed E-state index contributed by atoms with van der Waals surface area (Å²) in [5, 5.41) is 13.4. The first-order valence-corrected chi connectivity index (χ1v) is 10.9. The second kappa shape index (κ2) is 10.8. The van der Waals surface area contributed by atoms with Crippen molar-refractivity contribution in [2.24, 2.45) is 5.73 Å². The molecule has 4 rings (SSSR count). The number of hydrogen-bond donors (Lipinski definition) is 2. The average molecular weight is 479 g/mol. The maximum absolute atomic E-state index is 12.7. The van der Waals surface area contributed by atoms with Gasteiger partial charge in [-0.15, -0.1) is 0 Å². The number of nitrogens with two attached hydrogens (primary N) is 1. The van der Waals surface area contributed by atoms with Gasteiger partial charge < -0.3 is 20.5 Å². The van der Waals surface area contributed by atoms with Gasteiger partial charge in [0.1, 0.15) is 17.2 Å². The number of ether oxygens (including phenoxy) is 1. The number of rotatable bonds is 2. The molecule has 0 aliphatic carbocycles. The first-order valence-electron chi connectivity index (χ1n) is 10.9. The van der Waals surface area contributed by atoms with Gasteiger partial charge in [0, 0.05) is 25.2 Å². The number of halogens is 1. The van der Waals surface area contributed by atoms with Crippen LogP contribution in [0, 0.1) is 17.7 Å². The summed E-state index contributed by atoms with van der Waals surface area (Å²) in [6.07, 6.45) is 4.09. The third kappa shape index (κ3) is 7.42. The second-order valence-corrected chi connectivity index (χ2v) is 8.48. The molecule has 2 amide bonds. The lowest BCUT2D eigenvalue weighted by Gasteiger charge is -2.16. The van der Waals surface area contributed by atoms with E-state index in [0.717, 1.165) is 21.4 Å². The van der Waals surface area contributed by atoms with Crippen LogP contribution in [0.15, 0.2) is 54.9 Å². The van der Waals surface area contributed by atoms with E-state index in [0.29, 0.717) is 30.9 Å². The molecule has 2 heterocycles. The first kappa shape index (κ1) is 25.5. The molecule has 0 atom stereocenters. The van der Waals surface area contributed by atoms with Crippen LogP contribution in [0.1, 0.15) is 37.0 Å². The molecule has 0 saturated heterocycles. The summed E-state index contributed by atoms with van der Waals surface area (Å²) in [6.45, 7) is 3.65. The van der Waals surface area contributed by atoms with Gasteiger partial charge in [-0.05, 0) is 55.3 Å². The molecule has 0 radical (unpaired) electrons. The number of carbonyl (C=O) groups is 2. The van der Waals surface area contributed by atoms with Crippen molar-refractivity contribution in [2.45, 2.75) is 32.3 Å². The van der Waals surface area contributed by atoms with Crippen molar-refractivity contribution in [1.82, 2.24) is 9.78 Å². The zero-order chi connectivity index (χ0) is 25.6. The van der Waals surface area contributed by atoms with Gasteiger partial charge in [-0.3, -0.25) is 4.79 Å². The number of aromatic nitrogens is 2. The third-order valence-electron chi connectivity index (χ3n) is 4.96. The van der Waals surface area contributed by atoms with E-state index >= 15 is 0 Å². The minimum atomic E-state index is -1.04. The second-order valence-electron chi connectivity index (χ2n) is 8.48. The van der Waals surface area contributed by atoms with Crippen LogP contribution in [0.4, 0.5) is 14.9 Å². The Morgan fingerprint density at radius 2 is 1.94 bits per heavy atom. The number of anilines is 1. The summed E-state index contributed by atoms with van der Waals surface area (Å²) in [4.78, 5) is 24.1. The van der Waals surface area contributed by atoms with Crippen LogP contribution in [-0.4, -0.2) is 46.1 Å². The van der Waals surface area contributed by atoms with E-state index in [1.807, 2.05) is 6.07 Å². The lowest BCUT2D eigenvalue weighted by Crippen LogP contribution is -2.25. The topological polar surface area (TPSA) is 111 Å². The number of fused-ring (bicyclic) bond motifs is 1. The van der Waals surface area contributed by atoms with Crippen LogP contribution in [-0.2, 0) is 11.2 Å². The number of benzene rings is 2. The quantitative estimate of drug-likeness (QED) is 0.550. The van der Waals surface area contributed by atoms with E-state index in [-0.39, 0.29) is 11.7 Å². The zero-order valence-corrected chi connectivity index (χ0v) is 19.8. The molecule has 0 spiro atoms. The van der Waals surface area contributed by atoms with Crippen molar-refractivity contribution >= 4 is 17.6 Å². The largest absolute Gasteiger partial charge is 0.491 e. The highest BCUT2D eigenvalue weighted by Crippen LogP contribution is 2.31. The Balaban J connectivity index is 0.000000198. The molecule has 2 aromatic carbocycles. The average Bonchev–Trinajstić information content (AvgIpc) is 3.23. The maximum Gasteiger partial charge on any atom is 0.339 e. The van der Waals surface area contributed by atoms with E-state index < -0.39 is 11.6 Å². The van der Waals surface area contributed by atoms with Crippen molar-refractivity contribution in [2.75, 3.05) is 18.6 Å². The molecular formula is C26H27FN4O4. The van der Waals surface area contributed by atoms with Gasteiger partial charge >= 0.3 is 6.03 Å². The smallest absolute Gasteiger partial charge is 0.339 e. The number of primary amides is 1. The number of aliphatic hydroxyl groups is 1. The highest BCUT2D eigenvalue weighted by Gasteiger charge is 2.20. The van der Waals surface area contributed by atoms with Crippen molar-refractivity contribution in [3.63, 3.8) is 0 Å². The molecular weight excluding hydrogens is 451 g/mol. The van der Waals surface area contributed by atoms with E-state index in [4.69, 9.17) is 10.5 Å². The van der Waals surface area contributed by atoms with Crippen LogP contribution in [0.2, 0.25) is 0 Å². The molecule has 0 fully saturated rings. The van der Waals surface area contributed by atoms with Gasteiger partial charge in [-0.2, -0.15) is 9.78 Å². The van der Waals surface area contributed by atoms with Crippen LogP contribution < -0.4 is 15.4 Å². The standard InChI is InChI=1S/C15H17NO3.C11H10FN3O/c1-15(2,18)8-6-11-4-5-13-12(10-11)16(3)14(17)7-9-19-13;12-10-3-1-8(2-4-10)5-9-6-14-15(7-9)11(13)16/h4-5,10,18H,7,9H2,1-3H3;1-4,6-7H,5H2,(H2,13,16). The Morgan fingerprint density at radius 3 is 2.57 bits per heavy atom. The fourth-order valence-corrected chi connectivity index (χ4v) is 3.16. The molecule has 8 nitrogen and oxygen atoms in total. The lowest BCUT2D eigenvalue weighted by molar-refractivity contribution is -0.118. The van der Waals surface area contributed by atoms with E-state index in [2.05, 4.69) is 16.9 Å². The Morgan fingerprint density at radius 1 is 1.23 bits per heavy atom. The zero-order valence-electron chi connectivity index (χ0n) is 19.8. The molecule has 182 valence electrons. The maximum atomic E-state index is 12.7. The number of nitrogens with zero attached hydrogens (tertiary/aromatic N) is 3. The van der Waals surface area contributed by atoms with Gasteiger partial charge in [0.15, 0.2) is 0 Å². The molecule has 0 bridgehead atoms. The van der Waals surface area contributed by atoms with E-state index in [1.165, 1.54) is 12.1 Å². The summed E-state index contributed by atoms with van der Waals surface area (Å²) < 4.78 is 19.3. The summed E-state index contributed by atoms with van der Waals surface area (Å²) in [5.41, 5.74) is 7.27. The van der Waals surface area contributed by atoms with Gasteiger partial charge in [-0.25, -0.2) is 9.18 Å². The highest BCUT2D eigenvalue weighted by atomic mass is 19.1. The molecule has 3 N–H and O–H groups in total. The van der Waals surface area contributed by atoms with Gasteiger partial charge in [-0.1, -0.05) is 24.0 Å². The predicted molar refractivity (Wildman–Crippen MR) is 130 cm³/mol. The van der Waals surface area contributed by atoms with Crippen LogP contribution >= 0.6 is 0 Å². The fraction of sp³-hybridized carbons (Fsp3) is 0.269. The number of hydrogen-bond acceptors (Lipinski definition) is 5. The molecule has 1 aliphatic heterocycles. The van der Waals surface area contributed by atoms with Crippen LogP contribution in [0.25, 0.3) is 0 Å². The monoisotopic (exact) mass is 478 g/mol. The highest BCUT2D eigenvalue weighted by molar-refractivity contribution is 5.95. The molecule has 0 unspecified atom stereocenters. The Labute approximate surface area is 203 Å². The summed E-state index contributed by atoms with van der Waals surface area (Å²) in [6, 6.07) is 11.0.